The molecule has 17 heavy (non-hydrogen) atoms. The van der Waals surface area contributed by atoms with Crippen molar-refractivity contribution >= 4 is 0 Å². The molecule has 0 fully saturated rings. The lowest BCUT2D eigenvalue weighted by molar-refractivity contribution is 0.515. The molecular weight excluding hydrogens is 206 g/mol. The highest BCUT2D eigenvalue weighted by Crippen LogP contribution is 2.09. The monoisotopic (exact) mass is 237 g/mol. The zero-order valence-corrected chi connectivity index (χ0v) is 12.5. The molecule has 0 radical (unpaired) electrons. The molecule has 100 valence electrons. The van der Waals surface area contributed by atoms with Crippen LogP contribution in [0.2, 0.25) is 0 Å². The predicted molar refractivity (Wildman–Crippen MR) is 78.0 cm³/mol. The molecule has 0 aromatic carbocycles. The van der Waals surface area contributed by atoms with Crippen molar-refractivity contribution < 1.29 is 0 Å². The van der Waals surface area contributed by atoms with E-state index in [-0.39, 0.29) is 5.41 Å². The summed E-state index contributed by atoms with van der Waals surface area (Å²) in [6.45, 7) is 13.0. The average Bonchev–Trinajstić information content (AvgIpc) is 2.18. The van der Waals surface area contributed by atoms with E-state index in [1.165, 1.54) is 32.1 Å². The number of unbranched alkanes of at least 4 members (excludes halogenated alkanes) is 3. The summed E-state index contributed by atoms with van der Waals surface area (Å²) in [5.74, 6) is 7.28. The van der Waals surface area contributed by atoms with E-state index >= 15 is 0 Å². The lowest BCUT2D eigenvalue weighted by Gasteiger charge is -2.07. The normalized spacial score (nSPS) is 11.4. The van der Waals surface area contributed by atoms with Crippen LogP contribution in [0.1, 0.15) is 66.7 Å². The van der Waals surface area contributed by atoms with E-state index in [2.05, 4.69) is 51.8 Å². The van der Waals surface area contributed by atoms with Crippen LogP contribution < -0.4 is 5.32 Å². The molecule has 0 aliphatic heterocycles. The Balaban J connectivity index is 3.21. The van der Waals surface area contributed by atoms with Crippen molar-refractivity contribution in [1.82, 2.24) is 5.32 Å². The summed E-state index contributed by atoms with van der Waals surface area (Å²) in [6, 6.07) is 0. The second-order valence-corrected chi connectivity index (χ2v) is 6.33. The Kier molecular flexibility index (Phi) is 9.27. The minimum Gasteiger partial charge on any atom is -0.306 e. The second-order valence-electron chi connectivity index (χ2n) is 6.33. The van der Waals surface area contributed by atoms with E-state index in [0.29, 0.717) is 0 Å². The second kappa shape index (κ2) is 9.54. The van der Waals surface area contributed by atoms with Gasteiger partial charge in [-0.3, -0.25) is 0 Å². The van der Waals surface area contributed by atoms with Gasteiger partial charge in [0.25, 0.3) is 0 Å². The Morgan fingerprint density at radius 3 is 2.24 bits per heavy atom. The van der Waals surface area contributed by atoms with Crippen LogP contribution in [-0.4, -0.2) is 13.1 Å². The van der Waals surface area contributed by atoms with Gasteiger partial charge in [0.1, 0.15) is 0 Å². The fraction of sp³-hybridized carbons (Fsp3) is 0.875. The highest BCUT2D eigenvalue weighted by atomic mass is 14.8. The maximum Gasteiger partial charge on any atom is 0.0576 e. The molecule has 0 aliphatic carbocycles. The number of hydrogen-bond acceptors (Lipinski definition) is 1. The highest BCUT2D eigenvalue weighted by molar-refractivity contribution is 5.08. The number of rotatable bonds is 8. The summed E-state index contributed by atoms with van der Waals surface area (Å²) in [5.41, 5.74) is 0.137. The SMILES string of the molecule is CC(C)CCCCCCNCC#CC(C)(C)C. The van der Waals surface area contributed by atoms with Gasteiger partial charge in [0.15, 0.2) is 0 Å². The summed E-state index contributed by atoms with van der Waals surface area (Å²) in [6.07, 6.45) is 6.79. The van der Waals surface area contributed by atoms with Crippen molar-refractivity contribution in [3.05, 3.63) is 0 Å². The van der Waals surface area contributed by atoms with Gasteiger partial charge in [-0.2, -0.15) is 0 Å². The Morgan fingerprint density at radius 2 is 1.65 bits per heavy atom. The first-order valence-electron chi connectivity index (χ1n) is 7.12. The van der Waals surface area contributed by atoms with Crippen LogP contribution in [0.5, 0.6) is 0 Å². The average molecular weight is 237 g/mol. The Labute approximate surface area is 109 Å². The van der Waals surface area contributed by atoms with Crippen LogP contribution in [0.25, 0.3) is 0 Å². The Morgan fingerprint density at radius 1 is 1.00 bits per heavy atom. The van der Waals surface area contributed by atoms with Gasteiger partial charge >= 0.3 is 0 Å². The van der Waals surface area contributed by atoms with Crippen LogP contribution in [0.3, 0.4) is 0 Å². The minimum absolute atomic E-state index is 0.137. The van der Waals surface area contributed by atoms with Gasteiger partial charge in [-0.25, -0.2) is 0 Å². The third-order valence-electron chi connectivity index (χ3n) is 2.56. The first kappa shape index (κ1) is 16.5. The molecule has 0 saturated carbocycles. The fourth-order valence-corrected chi connectivity index (χ4v) is 1.62. The summed E-state index contributed by atoms with van der Waals surface area (Å²) >= 11 is 0. The smallest absolute Gasteiger partial charge is 0.0576 e. The summed E-state index contributed by atoms with van der Waals surface area (Å²) in [5, 5.41) is 3.38. The van der Waals surface area contributed by atoms with Gasteiger partial charge in [-0.15, -0.1) is 0 Å². The van der Waals surface area contributed by atoms with Crippen LogP contribution >= 0.6 is 0 Å². The Bertz CT molecular complexity index is 224. The molecule has 1 heteroatoms. The van der Waals surface area contributed by atoms with Crippen molar-refractivity contribution in [2.75, 3.05) is 13.1 Å². The highest BCUT2D eigenvalue weighted by Gasteiger charge is 2.02. The lowest BCUT2D eigenvalue weighted by atomic mass is 9.98. The van der Waals surface area contributed by atoms with Gasteiger partial charge in [-0.1, -0.05) is 51.4 Å². The summed E-state index contributed by atoms with van der Waals surface area (Å²) in [7, 11) is 0. The molecule has 0 spiro atoms. The maximum absolute atomic E-state index is 3.38. The molecule has 0 aliphatic rings. The molecule has 0 aromatic heterocycles. The maximum atomic E-state index is 3.38. The lowest BCUT2D eigenvalue weighted by Crippen LogP contribution is -2.15. The summed E-state index contributed by atoms with van der Waals surface area (Å²) in [4.78, 5) is 0. The van der Waals surface area contributed by atoms with Gasteiger partial charge in [-0.05, 0) is 39.7 Å². The standard InChI is InChI=1S/C16H31N/c1-15(2)11-8-6-7-9-13-17-14-10-12-16(3,4)5/h15,17H,6-9,11,13-14H2,1-5H3. The van der Waals surface area contributed by atoms with Crippen molar-refractivity contribution in [3.63, 3.8) is 0 Å². The van der Waals surface area contributed by atoms with Crippen LogP contribution in [-0.2, 0) is 0 Å². The molecule has 0 aromatic rings. The molecule has 0 rings (SSSR count). The predicted octanol–water partition coefficient (Wildman–Crippen LogP) is 4.23. The topological polar surface area (TPSA) is 12.0 Å². The molecule has 1 N–H and O–H groups in total. The number of nitrogens with one attached hydrogen (secondary N) is 1. The van der Waals surface area contributed by atoms with Crippen LogP contribution in [0.4, 0.5) is 0 Å². The van der Waals surface area contributed by atoms with E-state index in [0.717, 1.165) is 19.0 Å². The van der Waals surface area contributed by atoms with E-state index in [1.54, 1.807) is 0 Å². The molecule has 0 atom stereocenters. The quantitative estimate of drug-likeness (QED) is 0.492. The zero-order chi connectivity index (χ0) is 13.1. The third kappa shape index (κ3) is 15.5. The first-order valence-corrected chi connectivity index (χ1v) is 7.12. The molecule has 0 bridgehead atoms. The zero-order valence-electron chi connectivity index (χ0n) is 12.5. The molecule has 0 amide bonds. The first-order chi connectivity index (χ1) is 7.92. The van der Waals surface area contributed by atoms with Crippen LogP contribution in [0.15, 0.2) is 0 Å². The molecule has 0 saturated heterocycles. The molecule has 0 heterocycles. The van der Waals surface area contributed by atoms with Crippen molar-refractivity contribution in [2.24, 2.45) is 11.3 Å². The van der Waals surface area contributed by atoms with Gasteiger partial charge in [0, 0.05) is 5.41 Å². The van der Waals surface area contributed by atoms with Crippen molar-refractivity contribution in [3.8, 4) is 11.8 Å². The van der Waals surface area contributed by atoms with Gasteiger partial charge < -0.3 is 5.32 Å². The third-order valence-corrected chi connectivity index (χ3v) is 2.56. The molecular formula is C16H31N. The summed E-state index contributed by atoms with van der Waals surface area (Å²) < 4.78 is 0. The van der Waals surface area contributed by atoms with E-state index < -0.39 is 0 Å². The van der Waals surface area contributed by atoms with E-state index in [9.17, 15) is 0 Å². The van der Waals surface area contributed by atoms with Gasteiger partial charge in [0.05, 0.1) is 6.54 Å². The van der Waals surface area contributed by atoms with Crippen molar-refractivity contribution in [2.45, 2.75) is 66.7 Å². The number of hydrogen-bond donors (Lipinski definition) is 1. The Hall–Kier alpha value is -0.480. The van der Waals surface area contributed by atoms with Crippen LogP contribution in [0, 0.1) is 23.2 Å². The molecule has 0 unspecified atom stereocenters. The minimum atomic E-state index is 0.137. The van der Waals surface area contributed by atoms with Gasteiger partial charge in [0.2, 0.25) is 0 Å². The van der Waals surface area contributed by atoms with E-state index in [1.807, 2.05) is 0 Å². The molecule has 1 nitrogen and oxygen atoms in total. The fourth-order valence-electron chi connectivity index (χ4n) is 1.62. The van der Waals surface area contributed by atoms with E-state index in [4.69, 9.17) is 0 Å². The van der Waals surface area contributed by atoms with Crippen molar-refractivity contribution in [1.29, 1.82) is 0 Å². The largest absolute Gasteiger partial charge is 0.306 e.